The summed E-state index contributed by atoms with van der Waals surface area (Å²) in [5.74, 6) is -1.68. The number of rotatable bonds is 7. The highest BCUT2D eigenvalue weighted by atomic mass is 32.2. The predicted octanol–water partition coefficient (Wildman–Crippen LogP) is 3.60. The molecule has 1 saturated heterocycles. The van der Waals surface area contributed by atoms with Gasteiger partial charge in [-0.25, -0.2) is 17.3 Å². The minimum Gasteiger partial charge on any atom is -0.415 e. The molecule has 3 aromatic rings. The fourth-order valence-corrected chi connectivity index (χ4v) is 5.79. The molecule has 2 heterocycles. The third kappa shape index (κ3) is 5.47. The molecule has 0 bridgehead atoms. The first kappa shape index (κ1) is 23.5. The second kappa shape index (κ2) is 10.1. The number of aromatic nitrogens is 2. The molecule has 1 fully saturated rings. The van der Waals surface area contributed by atoms with E-state index in [2.05, 4.69) is 10.2 Å². The molecule has 1 aliphatic rings. The normalized spacial score (nSPS) is 16.3. The molecule has 1 unspecified atom stereocenters. The Morgan fingerprint density at radius 2 is 1.88 bits per heavy atom. The van der Waals surface area contributed by atoms with E-state index in [1.807, 2.05) is 0 Å². The highest BCUT2D eigenvalue weighted by Gasteiger charge is 2.27. The van der Waals surface area contributed by atoms with Gasteiger partial charge in [-0.05, 0) is 30.3 Å². The van der Waals surface area contributed by atoms with Crippen LogP contribution in [0.1, 0.15) is 17.9 Å². The van der Waals surface area contributed by atoms with Gasteiger partial charge in [-0.3, -0.25) is 8.51 Å². The number of benzene rings is 2. The minimum atomic E-state index is -2.95. The van der Waals surface area contributed by atoms with Crippen LogP contribution in [0.15, 0.2) is 46.9 Å². The topological polar surface area (TPSA) is 79.5 Å². The van der Waals surface area contributed by atoms with Crippen molar-refractivity contribution in [2.75, 3.05) is 28.9 Å². The van der Waals surface area contributed by atoms with Crippen LogP contribution in [0.5, 0.6) is 0 Å². The van der Waals surface area contributed by atoms with Gasteiger partial charge < -0.3 is 4.42 Å². The van der Waals surface area contributed by atoms with Gasteiger partial charge in [0.25, 0.3) is 5.89 Å². The molecule has 13 heteroatoms. The van der Waals surface area contributed by atoms with E-state index in [0.717, 1.165) is 6.07 Å². The lowest BCUT2D eigenvalue weighted by Gasteiger charge is -2.32. The van der Waals surface area contributed by atoms with Gasteiger partial charge in [0, 0.05) is 46.5 Å². The van der Waals surface area contributed by atoms with E-state index in [1.54, 1.807) is 10.4 Å². The van der Waals surface area contributed by atoms with E-state index in [0.29, 0.717) is 24.6 Å². The molecule has 2 aromatic carbocycles. The molecule has 7 nitrogen and oxygen atoms in total. The summed E-state index contributed by atoms with van der Waals surface area (Å²) in [6.07, 6.45) is -2.95. The van der Waals surface area contributed by atoms with Crippen molar-refractivity contribution in [3.05, 3.63) is 65.6 Å². The van der Waals surface area contributed by atoms with Gasteiger partial charge in [0.2, 0.25) is 5.89 Å². The van der Waals surface area contributed by atoms with E-state index < -0.39 is 45.9 Å². The highest BCUT2D eigenvalue weighted by molar-refractivity contribution is 7.86. The zero-order chi connectivity index (χ0) is 23.5. The van der Waals surface area contributed by atoms with E-state index in [4.69, 9.17) is 4.42 Å². The Bertz CT molecular complexity index is 1180. The maximum atomic E-state index is 14.9. The maximum absolute atomic E-state index is 14.9. The Morgan fingerprint density at radius 1 is 1.12 bits per heavy atom. The van der Waals surface area contributed by atoms with Crippen molar-refractivity contribution in [2.45, 2.75) is 13.0 Å². The van der Waals surface area contributed by atoms with Gasteiger partial charge in [-0.15, -0.1) is 10.2 Å². The quantitative estimate of drug-likeness (QED) is 0.462. The Kier molecular flexibility index (Phi) is 7.20. The summed E-state index contributed by atoms with van der Waals surface area (Å²) in [5.41, 5.74) is 0.514. The Labute approximate surface area is 191 Å². The molecule has 33 heavy (non-hydrogen) atoms. The van der Waals surface area contributed by atoms with Crippen molar-refractivity contribution in [1.82, 2.24) is 14.5 Å². The molecule has 0 aliphatic carbocycles. The molecule has 1 aromatic heterocycles. The van der Waals surface area contributed by atoms with Gasteiger partial charge in [0.15, 0.2) is 11.2 Å². The minimum absolute atomic E-state index is 0.104. The summed E-state index contributed by atoms with van der Waals surface area (Å²) in [6, 6.07) is 9.28. The fraction of sp³-hybridized carbons (Fsp3) is 0.300. The van der Waals surface area contributed by atoms with Crippen LogP contribution in [0.3, 0.4) is 0 Å². The standard InChI is InChI=1S/C20H18F4N4O3S2/c21-15-2-1-3-16(11-15)28(33(30)27-6-8-32(29)9-7-27)12-14-5-4-13(10-17(14)22)19-25-26-20(31-19)18(23)24/h1-5,10-11,18H,6-9,12H2. The molecule has 0 amide bonds. The molecule has 1 atom stereocenters. The third-order valence-electron chi connectivity index (χ3n) is 4.88. The molecule has 4 rings (SSSR count). The molecule has 0 saturated carbocycles. The van der Waals surface area contributed by atoms with Crippen LogP contribution in [0.25, 0.3) is 11.5 Å². The van der Waals surface area contributed by atoms with Crippen LogP contribution >= 0.6 is 0 Å². The van der Waals surface area contributed by atoms with Crippen LogP contribution in [-0.2, 0) is 28.5 Å². The van der Waals surface area contributed by atoms with Gasteiger partial charge in [-0.2, -0.15) is 8.78 Å². The van der Waals surface area contributed by atoms with E-state index in [9.17, 15) is 26.0 Å². The largest absolute Gasteiger partial charge is 0.415 e. The van der Waals surface area contributed by atoms with Crippen molar-refractivity contribution in [3.8, 4) is 11.5 Å². The van der Waals surface area contributed by atoms with E-state index >= 15 is 0 Å². The summed E-state index contributed by atoms with van der Waals surface area (Å²) in [6.45, 7) is 0.458. The first-order valence-electron chi connectivity index (χ1n) is 9.77. The zero-order valence-corrected chi connectivity index (χ0v) is 18.6. The average Bonchev–Trinajstić information content (AvgIpc) is 3.29. The van der Waals surface area contributed by atoms with Crippen molar-refractivity contribution in [1.29, 1.82) is 0 Å². The summed E-state index contributed by atoms with van der Waals surface area (Å²) in [4.78, 5) is 0. The van der Waals surface area contributed by atoms with Crippen molar-refractivity contribution in [2.24, 2.45) is 0 Å². The number of halogens is 4. The Balaban J connectivity index is 1.61. The zero-order valence-electron chi connectivity index (χ0n) is 17.0. The van der Waals surface area contributed by atoms with Gasteiger partial charge >= 0.3 is 6.43 Å². The number of hydrogen-bond acceptors (Lipinski definition) is 5. The van der Waals surface area contributed by atoms with Crippen LogP contribution in [0.2, 0.25) is 0 Å². The lowest BCUT2D eigenvalue weighted by Crippen LogP contribution is -2.45. The maximum Gasteiger partial charge on any atom is 0.314 e. The van der Waals surface area contributed by atoms with Gasteiger partial charge in [0.05, 0.1) is 12.2 Å². The van der Waals surface area contributed by atoms with E-state index in [-0.39, 0.29) is 29.2 Å². The van der Waals surface area contributed by atoms with Crippen molar-refractivity contribution in [3.63, 3.8) is 0 Å². The van der Waals surface area contributed by atoms with Gasteiger partial charge in [0.1, 0.15) is 11.6 Å². The fourth-order valence-electron chi connectivity index (χ4n) is 3.19. The first-order chi connectivity index (χ1) is 15.8. The molecular formula is C20H18F4N4O3S2. The average molecular weight is 503 g/mol. The monoisotopic (exact) mass is 502 g/mol. The second-order valence-corrected chi connectivity index (χ2v) is 10.2. The summed E-state index contributed by atoms with van der Waals surface area (Å²) < 4.78 is 86.9. The number of hydrogen-bond donors (Lipinski definition) is 0. The van der Waals surface area contributed by atoms with Crippen LogP contribution in [-0.4, -0.2) is 47.5 Å². The molecule has 0 radical (unpaired) electrons. The molecular weight excluding hydrogens is 484 g/mol. The van der Waals surface area contributed by atoms with Crippen LogP contribution in [0, 0.1) is 11.6 Å². The molecule has 1 aliphatic heterocycles. The smallest absolute Gasteiger partial charge is 0.314 e. The summed E-state index contributed by atoms with van der Waals surface area (Å²) >= 11 is -1.80. The first-order valence-corrected chi connectivity index (χ1v) is 12.3. The second-order valence-electron chi connectivity index (χ2n) is 7.08. The highest BCUT2D eigenvalue weighted by Crippen LogP contribution is 2.27. The third-order valence-corrected chi connectivity index (χ3v) is 7.68. The van der Waals surface area contributed by atoms with Crippen molar-refractivity contribution < 1.29 is 30.4 Å². The molecule has 0 spiro atoms. The SMILES string of the molecule is O=S1CCN(S(=O)N(Cc2ccc(-c3nnc(C(F)F)o3)cc2F)c2cccc(F)c2)CC1. The predicted molar refractivity (Wildman–Crippen MR) is 115 cm³/mol. The van der Waals surface area contributed by atoms with Crippen molar-refractivity contribution >= 4 is 27.7 Å². The molecule has 176 valence electrons. The Hall–Kier alpha value is -2.64. The number of nitrogens with zero attached hydrogens (tertiary/aromatic N) is 4. The van der Waals surface area contributed by atoms with Crippen LogP contribution < -0.4 is 4.31 Å². The number of alkyl halides is 2. The van der Waals surface area contributed by atoms with Crippen LogP contribution in [0.4, 0.5) is 23.2 Å². The molecule has 0 N–H and O–H groups in total. The Morgan fingerprint density at radius 3 is 2.52 bits per heavy atom. The summed E-state index contributed by atoms with van der Waals surface area (Å²) in [5, 5.41) is 6.72. The van der Waals surface area contributed by atoms with Gasteiger partial charge in [-0.1, -0.05) is 12.1 Å². The lowest BCUT2D eigenvalue weighted by atomic mass is 10.1. The van der Waals surface area contributed by atoms with E-state index in [1.165, 1.54) is 34.6 Å². The lowest BCUT2D eigenvalue weighted by molar-refractivity contribution is 0.116. The number of anilines is 1. The summed E-state index contributed by atoms with van der Waals surface area (Å²) in [7, 11) is -0.984.